The molecular formula is C17H14N4O3. The predicted molar refractivity (Wildman–Crippen MR) is 86.3 cm³/mol. The minimum Gasteiger partial charge on any atom is -0.465 e. The molecule has 120 valence electrons. The van der Waals surface area contributed by atoms with Gasteiger partial charge in [-0.15, -0.1) is 0 Å². The van der Waals surface area contributed by atoms with Crippen molar-refractivity contribution in [2.75, 3.05) is 11.4 Å². The van der Waals surface area contributed by atoms with Crippen LogP contribution in [0.25, 0.3) is 11.1 Å². The second-order valence-electron chi connectivity index (χ2n) is 5.34. The third-order valence-corrected chi connectivity index (χ3v) is 3.89. The summed E-state index contributed by atoms with van der Waals surface area (Å²) in [6, 6.07) is 12.1. The van der Waals surface area contributed by atoms with Crippen molar-refractivity contribution in [3.8, 4) is 17.2 Å². The van der Waals surface area contributed by atoms with Crippen LogP contribution in [0.5, 0.6) is 0 Å². The van der Waals surface area contributed by atoms with Crippen LogP contribution in [0.3, 0.4) is 0 Å². The lowest BCUT2D eigenvalue weighted by Gasteiger charge is -2.16. The number of rotatable bonds is 3. The van der Waals surface area contributed by atoms with Crippen molar-refractivity contribution in [3.05, 3.63) is 48.2 Å². The maximum absolute atomic E-state index is 12.2. The van der Waals surface area contributed by atoms with Crippen molar-refractivity contribution >= 4 is 17.8 Å². The summed E-state index contributed by atoms with van der Waals surface area (Å²) in [5.74, 6) is 0.156. The minimum atomic E-state index is -1.22. The van der Waals surface area contributed by atoms with E-state index in [1.165, 1.54) is 4.90 Å². The Kier molecular flexibility index (Phi) is 4.12. The zero-order chi connectivity index (χ0) is 17.1. The van der Waals surface area contributed by atoms with Crippen LogP contribution in [-0.2, 0) is 4.79 Å². The molecule has 2 aromatic rings. The van der Waals surface area contributed by atoms with Crippen molar-refractivity contribution < 1.29 is 14.7 Å². The van der Waals surface area contributed by atoms with Crippen LogP contribution < -0.4 is 10.2 Å². The van der Waals surface area contributed by atoms with Gasteiger partial charge in [0.2, 0.25) is 0 Å². The molecule has 1 aliphatic rings. The van der Waals surface area contributed by atoms with Crippen molar-refractivity contribution in [3.63, 3.8) is 0 Å². The van der Waals surface area contributed by atoms with E-state index >= 15 is 0 Å². The Morgan fingerprint density at radius 3 is 2.79 bits per heavy atom. The summed E-state index contributed by atoms with van der Waals surface area (Å²) in [5, 5.41) is 20.1. The molecule has 2 heterocycles. The molecule has 1 saturated heterocycles. The molecule has 1 atom stereocenters. The fourth-order valence-corrected chi connectivity index (χ4v) is 2.73. The summed E-state index contributed by atoms with van der Waals surface area (Å²) in [4.78, 5) is 28.7. The summed E-state index contributed by atoms with van der Waals surface area (Å²) >= 11 is 0. The summed E-state index contributed by atoms with van der Waals surface area (Å²) in [7, 11) is 0. The zero-order valence-corrected chi connectivity index (χ0v) is 12.6. The molecule has 7 heteroatoms. The molecule has 0 aliphatic carbocycles. The van der Waals surface area contributed by atoms with E-state index in [4.69, 9.17) is 10.4 Å². The number of nitrogens with one attached hydrogen (secondary N) is 1. The number of benzene rings is 1. The van der Waals surface area contributed by atoms with Crippen LogP contribution in [0.4, 0.5) is 10.6 Å². The number of carbonyl (C=O) groups is 2. The number of aromatic nitrogens is 1. The largest absolute Gasteiger partial charge is 0.465 e. The highest BCUT2D eigenvalue weighted by Gasteiger charge is 2.34. The first-order chi connectivity index (χ1) is 11.6. The normalized spacial score (nSPS) is 16.7. The van der Waals surface area contributed by atoms with Crippen LogP contribution in [0, 0.1) is 11.3 Å². The highest BCUT2D eigenvalue weighted by atomic mass is 16.4. The second kappa shape index (κ2) is 6.38. The van der Waals surface area contributed by atoms with Crippen molar-refractivity contribution in [1.82, 2.24) is 10.3 Å². The molecule has 7 nitrogen and oxygen atoms in total. The number of nitrogens with zero attached hydrogens (tertiary/aromatic N) is 3. The summed E-state index contributed by atoms with van der Waals surface area (Å²) in [6.07, 6.45) is 0.800. The van der Waals surface area contributed by atoms with E-state index in [2.05, 4.69) is 16.4 Å². The van der Waals surface area contributed by atoms with E-state index in [9.17, 15) is 9.59 Å². The lowest BCUT2D eigenvalue weighted by atomic mass is 10.0. The number of amides is 2. The number of hydrogen-bond acceptors (Lipinski definition) is 4. The zero-order valence-electron chi connectivity index (χ0n) is 12.6. The number of carbonyl (C=O) groups excluding carboxylic acids is 1. The topological polar surface area (TPSA) is 106 Å². The van der Waals surface area contributed by atoms with E-state index in [0.29, 0.717) is 24.3 Å². The first-order valence-corrected chi connectivity index (χ1v) is 7.36. The molecule has 2 amide bonds. The lowest BCUT2D eigenvalue weighted by molar-refractivity contribution is -0.118. The van der Waals surface area contributed by atoms with Crippen LogP contribution in [0.15, 0.2) is 42.6 Å². The SMILES string of the molecule is N#Cc1ccccc1-c1ccc(N2CC[C@H](NC(=O)O)C2=O)nc1. The summed E-state index contributed by atoms with van der Waals surface area (Å²) in [5.41, 5.74) is 2.11. The van der Waals surface area contributed by atoms with Gasteiger partial charge >= 0.3 is 6.09 Å². The van der Waals surface area contributed by atoms with Crippen LogP contribution >= 0.6 is 0 Å². The number of anilines is 1. The van der Waals surface area contributed by atoms with Gasteiger partial charge in [0, 0.05) is 23.9 Å². The monoisotopic (exact) mass is 322 g/mol. The molecule has 0 bridgehead atoms. The fourth-order valence-electron chi connectivity index (χ4n) is 2.73. The van der Waals surface area contributed by atoms with Gasteiger partial charge < -0.3 is 10.4 Å². The highest BCUT2D eigenvalue weighted by molar-refractivity contribution is 6.00. The van der Waals surface area contributed by atoms with Gasteiger partial charge in [-0.25, -0.2) is 9.78 Å². The number of hydrogen-bond donors (Lipinski definition) is 2. The van der Waals surface area contributed by atoms with Gasteiger partial charge in [-0.2, -0.15) is 5.26 Å². The molecule has 0 spiro atoms. The van der Waals surface area contributed by atoms with Gasteiger partial charge in [-0.3, -0.25) is 9.69 Å². The van der Waals surface area contributed by atoms with Crippen LogP contribution in [0.2, 0.25) is 0 Å². The fraction of sp³-hybridized carbons (Fsp3) is 0.176. The molecule has 1 fully saturated rings. The van der Waals surface area contributed by atoms with E-state index in [0.717, 1.165) is 11.1 Å². The van der Waals surface area contributed by atoms with Gasteiger partial charge in [0.15, 0.2) is 0 Å². The standard InChI is InChI=1S/C17H14N4O3/c18-9-11-3-1-2-4-13(11)12-5-6-15(19-10-12)21-8-7-14(16(21)22)20-17(23)24/h1-6,10,14,20H,7-8H2,(H,23,24)/t14-/m0/s1. The van der Waals surface area contributed by atoms with Crippen molar-refractivity contribution in [2.24, 2.45) is 0 Å². The van der Waals surface area contributed by atoms with Gasteiger partial charge in [0.1, 0.15) is 11.9 Å². The third-order valence-electron chi connectivity index (χ3n) is 3.89. The molecule has 3 rings (SSSR count). The maximum atomic E-state index is 12.2. The Morgan fingerprint density at radius 2 is 2.12 bits per heavy atom. The average Bonchev–Trinajstić information content (AvgIpc) is 2.95. The molecule has 1 aromatic carbocycles. The predicted octanol–water partition coefficient (Wildman–Crippen LogP) is 1.99. The highest BCUT2D eigenvalue weighted by Crippen LogP contribution is 2.25. The van der Waals surface area contributed by atoms with E-state index in [1.807, 2.05) is 12.1 Å². The van der Waals surface area contributed by atoms with E-state index in [-0.39, 0.29) is 5.91 Å². The number of carboxylic acid groups (broad SMARTS) is 1. The molecule has 1 aromatic heterocycles. The van der Waals surface area contributed by atoms with Gasteiger partial charge in [0.05, 0.1) is 11.6 Å². The smallest absolute Gasteiger partial charge is 0.405 e. The van der Waals surface area contributed by atoms with Gasteiger partial charge in [-0.1, -0.05) is 18.2 Å². The maximum Gasteiger partial charge on any atom is 0.405 e. The second-order valence-corrected chi connectivity index (χ2v) is 5.34. The Hall–Kier alpha value is -3.40. The van der Waals surface area contributed by atoms with Crippen molar-refractivity contribution in [2.45, 2.75) is 12.5 Å². The molecule has 0 unspecified atom stereocenters. The van der Waals surface area contributed by atoms with Crippen LogP contribution in [-0.4, -0.2) is 34.7 Å². The lowest BCUT2D eigenvalue weighted by Crippen LogP contribution is -2.41. The molecule has 24 heavy (non-hydrogen) atoms. The Labute approximate surface area is 138 Å². The Morgan fingerprint density at radius 1 is 1.33 bits per heavy atom. The number of nitriles is 1. The summed E-state index contributed by atoms with van der Waals surface area (Å²) in [6.45, 7) is 0.408. The minimum absolute atomic E-state index is 0.310. The third kappa shape index (κ3) is 2.90. The average molecular weight is 322 g/mol. The quantitative estimate of drug-likeness (QED) is 0.899. The molecule has 1 aliphatic heterocycles. The first kappa shape index (κ1) is 15.5. The number of pyridine rings is 1. The first-order valence-electron chi connectivity index (χ1n) is 7.36. The molecule has 0 saturated carbocycles. The van der Waals surface area contributed by atoms with E-state index in [1.54, 1.807) is 30.5 Å². The Balaban J connectivity index is 1.82. The molecular weight excluding hydrogens is 308 g/mol. The van der Waals surface area contributed by atoms with Crippen LogP contribution in [0.1, 0.15) is 12.0 Å². The molecule has 0 radical (unpaired) electrons. The summed E-state index contributed by atoms with van der Waals surface area (Å²) < 4.78 is 0. The van der Waals surface area contributed by atoms with Gasteiger partial charge in [-0.05, 0) is 24.6 Å². The van der Waals surface area contributed by atoms with Gasteiger partial charge in [0.25, 0.3) is 5.91 Å². The van der Waals surface area contributed by atoms with Crippen molar-refractivity contribution in [1.29, 1.82) is 5.26 Å². The Bertz CT molecular complexity index is 826. The van der Waals surface area contributed by atoms with E-state index < -0.39 is 12.1 Å². The molecule has 2 N–H and O–H groups in total.